The van der Waals surface area contributed by atoms with Gasteiger partial charge >= 0.3 is 0 Å². The highest BCUT2D eigenvalue weighted by Gasteiger charge is 2.26. The number of hydrogen-bond acceptors (Lipinski definition) is 4. The van der Waals surface area contributed by atoms with Crippen molar-refractivity contribution in [1.29, 1.82) is 0 Å². The van der Waals surface area contributed by atoms with Crippen molar-refractivity contribution in [2.45, 2.75) is 18.2 Å². The lowest BCUT2D eigenvalue weighted by atomic mass is 9.99. The van der Waals surface area contributed by atoms with E-state index in [2.05, 4.69) is 60.4 Å². The summed E-state index contributed by atoms with van der Waals surface area (Å²) in [7, 11) is 0. The molecule has 0 bridgehead atoms. The van der Waals surface area contributed by atoms with Crippen LogP contribution < -0.4 is 5.32 Å². The SMILES string of the molecule is C(OCC1CO1)C1CO1.C=CCNC(c1ccccc1)c1ccccc1. The maximum Gasteiger partial charge on any atom is 0.104 e. The Kier molecular flexibility index (Phi) is 7.40. The first-order valence-electron chi connectivity index (χ1n) is 9.12. The van der Waals surface area contributed by atoms with Gasteiger partial charge in [-0.2, -0.15) is 0 Å². The first-order valence-corrected chi connectivity index (χ1v) is 9.12. The predicted octanol–water partition coefficient (Wildman–Crippen LogP) is 3.35. The van der Waals surface area contributed by atoms with Crippen LogP contribution in [0.2, 0.25) is 0 Å². The molecule has 1 N–H and O–H groups in total. The van der Waals surface area contributed by atoms with Crippen LogP contribution in [-0.2, 0) is 14.2 Å². The van der Waals surface area contributed by atoms with Crippen LogP contribution in [0.15, 0.2) is 73.3 Å². The highest BCUT2D eigenvalue weighted by molar-refractivity contribution is 5.31. The molecule has 2 aliphatic rings. The van der Waals surface area contributed by atoms with E-state index in [9.17, 15) is 0 Å². The summed E-state index contributed by atoms with van der Waals surface area (Å²) >= 11 is 0. The van der Waals surface area contributed by atoms with Crippen LogP contribution in [0.1, 0.15) is 17.2 Å². The van der Waals surface area contributed by atoms with E-state index < -0.39 is 0 Å². The molecule has 26 heavy (non-hydrogen) atoms. The molecule has 2 unspecified atom stereocenters. The number of ether oxygens (including phenoxy) is 3. The van der Waals surface area contributed by atoms with Crippen LogP contribution in [0, 0.1) is 0 Å². The lowest BCUT2D eigenvalue weighted by Crippen LogP contribution is -2.22. The molecular formula is C22H27NO3. The highest BCUT2D eigenvalue weighted by atomic mass is 16.6. The standard InChI is InChI=1S/C16H17N.C6H10O3/c1-2-13-17-16(14-9-5-3-6-10-14)15-11-7-4-8-12-15;1(5-3-8-5)7-2-6-4-9-6/h2-12,16-17H,1,13H2;5-6H,1-4H2. The summed E-state index contributed by atoms with van der Waals surface area (Å²) in [5, 5.41) is 3.48. The van der Waals surface area contributed by atoms with Gasteiger partial charge in [0, 0.05) is 6.54 Å². The average Bonchev–Trinajstić information content (AvgIpc) is 3.61. The second kappa shape index (κ2) is 10.2. The van der Waals surface area contributed by atoms with Crippen molar-refractivity contribution in [2.24, 2.45) is 0 Å². The Morgan fingerprint density at radius 1 is 0.923 bits per heavy atom. The fourth-order valence-electron chi connectivity index (χ4n) is 2.58. The van der Waals surface area contributed by atoms with Gasteiger partial charge in [0.2, 0.25) is 0 Å². The summed E-state index contributed by atoms with van der Waals surface area (Å²) in [6.45, 7) is 7.82. The number of nitrogens with one attached hydrogen (secondary N) is 1. The second-order valence-electron chi connectivity index (χ2n) is 6.40. The summed E-state index contributed by atoms with van der Waals surface area (Å²) in [6, 6.07) is 21.2. The second-order valence-corrected chi connectivity index (χ2v) is 6.40. The molecule has 2 saturated heterocycles. The van der Waals surface area contributed by atoms with E-state index in [0.717, 1.165) is 33.0 Å². The summed E-state index contributed by atoms with van der Waals surface area (Å²) in [5.41, 5.74) is 2.56. The fraction of sp³-hybridized carbons (Fsp3) is 0.364. The smallest absolute Gasteiger partial charge is 0.104 e. The van der Waals surface area contributed by atoms with Gasteiger partial charge in [0.05, 0.1) is 32.5 Å². The molecule has 4 nitrogen and oxygen atoms in total. The topological polar surface area (TPSA) is 46.3 Å². The van der Waals surface area contributed by atoms with Gasteiger partial charge in [-0.15, -0.1) is 6.58 Å². The third-order valence-electron chi connectivity index (χ3n) is 4.14. The largest absolute Gasteiger partial charge is 0.376 e. The molecular weight excluding hydrogens is 326 g/mol. The molecule has 2 fully saturated rings. The monoisotopic (exact) mass is 353 g/mol. The van der Waals surface area contributed by atoms with Crippen LogP contribution in [-0.4, -0.2) is 45.2 Å². The third kappa shape index (κ3) is 6.73. The molecule has 0 radical (unpaired) electrons. The zero-order valence-electron chi connectivity index (χ0n) is 15.1. The van der Waals surface area contributed by atoms with Gasteiger partial charge in [0.15, 0.2) is 0 Å². The molecule has 138 valence electrons. The molecule has 2 atom stereocenters. The summed E-state index contributed by atoms with van der Waals surface area (Å²) in [5.74, 6) is 0. The molecule has 4 rings (SSSR count). The normalized spacial score (nSPS) is 20.2. The van der Waals surface area contributed by atoms with Gasteiger partial charge in [0.25, 0.3) is 0 Å². The lowest BCUT2D eigenvalue weighted by molar-refractivity contribution is 0.102. The van der Waals surface area contributed by atoms with E-state index >= 15 is 0 Å². The molecule has 2 heterocycles. The molecule has 2 aromatic carbocycles. The van der Waals surface area contributed by atoms with Crippen molar-refractivity contribution in [3.8, 4) is 0 Å². The van der Waals surface area contributed by atoms with Crippen LogP contribution in [0.25, 0.3) is 0 Å². The maximum absolute atomic E-state index is 5.23. The minimum Gasteiger partial charge on any atom is -0.376 e. The Morgan fingerprint density at radius 2 is 1.38 bits per heavy atom. The van der Waals surface area contributed by atoms with Gasteiger partial charge in [-0.05, 0) is 11.1 Å². The van der Waals surface area contributed by atoms with Gasteiger partial charge in [0.1, 0.15) is 12.2 Å². The lowest BCUT2D eigenvalue weighted by Gasteiger charge is -2.18. The molecule has 0 amide bonds. The maximum atomic E-state index is 5.23. The summed E-state index contributed by atoms with van der Waals surface area (Å²) < 4.78 is 15.1. The van der Waals surface area contributed by atoms with Gasteiger partial charge < -0.3 is 19.5 Å². The fourth-order valence-corrected chi connectivity index (χ4v) is 2.58. The molecule has 4 heteroatoms. The zero-order chi connectivity index (χ0) is 18.0. The quantitative estimate of drug-likeness (QED) is 0.555. The summed E-state index contributed by atoms with van der Waals surface area (Å²) in [6.07, 6.45) is 2.67. The van der Waals surface area contributed by atoms with E-state index in [1.165, 1.54) is 11.1 Å². The van der Waals surface area contributed by atoms with Gasteiger partial charge in [-0.3, -0.25) is 0 Å². The van der Waals surface area contributed by atoms with Crippen LogP contribution in [0.4, 0.5) is 0 Å². The molecule has 2 aromatic rings. The number of epoxide rings is 2. The van der Waals surface area contributed by atoms with E-state index in [0.29, 0.717) is 12.2 Å². The molecule has 0 saturated carbocycles. The Labute approximate surface area is 155 Å². The van der Waals surface area contributed by atoms with Crippen LogP contribution >= 0.6 is 0 Å². The molecule has 0 aliphatic carbocycles. The molecule has 0 spiro atoms. The highest BCUT2D eigenvalue weighted by Crippen LogP contribution is 2.21. The Morgan fingerprint density at radius 3 is 1.77 bits per heavy atom. The van der Waals surface area contributed by atoms with Gasteiger partial charge in [-0.1, -0.05) is 66.7 Å². The van der Waals surface area contributed by atoms with Crippen molar-refractivity contribution in [3.05, 3.63) is 84.4 Å². The minimum absolute atomic E-state index is 0.232. The van der Waals surface area contributed by atoms with Crippen molar-refractivity contribution in [3.63, 3.8) is 0 Å². The van der Waals surface area contributed by atoms with Gasteiger partial charge in [-0.25, -0.2) is 0 Å². The van der Waals surface area contributed by atoms with Crippen molar-refractivity contribution in [1.82, 2.24) is 5.32 Å². The minimum atomic E-state index is 0.232. The zero-order valence-corrected chi connectivity index (χ0v) is 15.1. The van der Waals surface area contributed by atoms with Crippen LogP contribution in [0.3, 0.4) is 0 Å². The Hall–Kier alpha value is -1.98. The Bertz CT molecular complexity index is 587. The number of rotatable bonds is 9. The number of hydrogen-bond donors (Lipinski definition) is 1. The van der Waals surface area contributed by atoms with Crippen molar-refractivity contribution < 1.29 is 14.2 Å². The van der Waals surface area contributed by atoms with E-state index in [1.807, 2.05) is 18.2 Å². The predicted molar refractivity (Wildman–Crippen MR) is 103 cm³/mol. The third-order valence-corrected chi connectivity index (χ3v) is 4.14. The van der Waals surface area contributed by atoms with Crippen molar-refractivity contribution >= 4 is 0 Å². The molecule has 0 aromatic heterocycles. The Balaban J connectivity index is 0.000000181. The molecule has 2 aliphatic heterocycles. The van der Waals surface area contributed by atoms with E-state index in [4.69, 9.17) is 14.2 Å². The summed E-state index contributed by atoms with van der Waals surface area (Å²) in [4.78, 5) is 0. The first-order chi connectivity index (χ1) is 12.9. The van der Waals surface area contributed by atoms with E-state index in [1.54, 1.807) is 0 Å². The van der Waals surface area contributed by atoms with Crippen molar-refractivity contribution in [2.75, 3.05) is 33.0 Å². The first kappa shape index (κ1) is 18.8. The van der Waals surface area contributed by atoms with E-state index in [-0.39, 0.29) is 6.04 Å². The number of benzene rings is 2. The van der Waals surface area contributed by atoms with Crippen LogP contribution in [0.5, 0.6) is 0 Å². The average molecular weight is 353 g/mol.